The number of ether oxygens (including phenoxy) is 1. The molecule has 1 fully saturated rings. The molecule has 0 N–H and O–H groups in total. The van der Waals surface area contributed by atoms with E-state index >= 15 is 0 Å². The number of methoxy groups -OCH3 is 1. The van der Waals surface area contributed by atoms with Gasteiger partial charge in [0.05, 0.1) is 13.2 Å². The molecule has 1 amide bonds. The molecule has 3 heterocycles. The van der Waals surface area contributed by atoms with Crippen molar-refractivity contribution in [2.75, 3.05) is 26.8 Å². The molecule has 142 valence electrons. The van der Waals surface area contributed by atoms with Crippen molar-refractivity contribution in [2.45, 2.75) is 45.3 Å². The first-order chi connectivity index (χ1) is 12.6. The summed E-state index contributed by atoms with van der Waals surface area (Å²) in [6.45, 7) is 5.27. The molecule has 0 spiro atoms. The van der Waals surface area contributed by atoms with Gasteiger partial charge in [0.2, 0.25) is 5.91 Å². The summed E-state index contributed by atoms with van der Waals surface area (Å²) in [6, 6.07) is 3.84. The van der Waals surface area contributed by atoms with Crippen LogP contribution in [0.15, 0.2) is 29.3 Å². The molecule has 0 aromatic carbocycles. The third kappa shape index (κ3) is 3.90. The van der Waals surface area contributed by atoms with E-state index in [0.29, 0.717) is 39.3 Å². The maximum atomic E-state index is 12.5. The highest BCUT2D eigenvalue weighted by Gasteiger charge is 2.28. The summed E-state index contributed by atoms with van der Waals surface area (Å²) >= 11 is 0. The molecule has 0 unspecified atom stereocenters. The van der Waals surface area contributed by atoms with Crippen LogP contribution in [-0.2, 0) is 29.2 Å². The molecule has 26 heavy (non-hydrogen) atoms. The van der Waals surface area contributed by atoms with Crippen LogP contribution in [0, 0.1) is 0 Å². The molecule has 1 aliphatic rings. The third-order valence-electron chi connectivity index (χ3n) is 4.97. The fraction of sp³-hybridized carbons (Fsp3) is 0.611. The standard InChI is InChI=1S/C18H27N5O3/c1-3-22-17(19-23(18(22)25)12-13-26-2)15-6-10-21(11-7-15)16(24)14-20-8-4-5-9-20/h4-5,8-9,15H,3,6-7,10-14H2,1-2H3. The topological polar surface area (TPSA) is 74.3 Å². The van der Waals surface area contributed by atoms with Gasteiger partial charge in [-0.1, -0.05) is 0 Å². The Morgan fingerprint density at radius 1 is 1.27 bits per heavy atom. The fourth-order valence-electron chi connectivity index (χ4n) is 3.50. The average Bonchev–Trinajstić information content (AvgIpc) is 3.27. The lowest BCUT2D eigenvalue weighted by Crippen LogP contribution is -2.40. The Morgan fingerprint density at radius 2 is 1.96 bits per heavy atom. The smallest absolute Gasteiger partial charge is 0.345 e. The Morgan fingerprint density at radius 3 is 2.58 bits per heavy atom. The molecular weight excluding hydrogens is 334 g/mol. The molecule has 1 aliphatic heterocycles. The first-order valence-corrected chi connectivity index (χ1v) is 9.19. The number of aromatic nitrogens is 4. The Balaban J connectivity index is 1.64. The quantitative estimate of drug-likeness (QED) is 0.735. The number of rotatable bonds is 7. The van der Waals surface area contributed by atoms with Gasteiger partial charge in [0.1, 0.15) is 12.4 Å². The van der Waals surface area contributed by atoms with Crippen molar-refractivity contribution in [2.24, 2.45) is 0 Å². The number of hydrogen-bond donors (Lipinski definition) is 0. The lowest BCUT2D eigenvalue weighted by molar-refractivity contribution is -0.132. The second-order valence-corrected chi connectivity index (χ2v) is 6.61. The minimum atomic E-state index is -0.0781. The highest BCUT2D eigenvalue weighted by atomic mass is 16.5. The van der Waals surface area contributed by atoms with Gasteiger partial charge in [0.15, 0.2) is 0 Å². The number of likely N-dealkylation sites (tertiary alicyclic amines) is 1. The molecule has 0 radical (unpaired) electrons. The summed E-state index contributed by atoms with van der Waals surface area (Å²) in [7, 11) is 1.61. The zero-order valence-corrected chi connectivity index (χ0v) is 15.5. The van der Waals surface area contributed by atoms with E-state index in [2.05, 4.69) is 5.10 Å². The molecule has 2 aromatic heterocycles. The summed E-state index contributed by atoms with van der Waals surface area (Å²) in [4.78, 5) is 26.8. The van der Waals surface area contributed by atoms with Gasteiger partial charge in [-0.15, -0.1) is 0 Å². The Kier molecular flexibility index (Phi) is 5.92. The van der Waals surface area contributed by atoms with Gasteiger partial charge in [0.25, 0.3) is 0 Å². The van der Waals surface area contributed by atoms with Crippen LogP contribution in [0.1, 0.15) is 31.5 Å². The van der Waals surface area contributed by atoms with E-state index in [-0.39, 0.29) is 17.5 Å². The van der Waals surface area contributed by atoms with Gasteiger partial charge >= 0.3 is 5.69 Å². The third-order valence-corrected chi connectivity index (χ3v) is 4.97. The van der Waals surface area contributed by atoms with Crippen molar-refractivity contribution in [3.8, 4) is 0 Å². The molecule has 0 saturated carbocycles. The summed E-state index contributed by atoms with van der Waals surface area (Å²) in [5, 5.41) is 4.55. The molecular formula is C18H27N5O3. The van der Waals surface area contributed by atoms with Crippen molar-refractivity contribution in [1.82, 2.24) is 23.8 Å². The number of carbonyl (C=O) groups is 1. The first-order valence-electron chi connectivity index (χ1n) is 9.19. The van der Waals surface area contributed by atoms with Crippen LogP contribution in [-0.4, -0.2) is 56.5 Å². The number of nitrogens with zero attached hydrogens (tertiary/aromatic N) is 5. The van der Waals surface area contributed by atoms with E-state index in [0.717, 1.165) is 18.7 Å². The molecule has 8 nitrogen and oxygen atoms in total. The van der Waals surface area contributed by atoms with Gasteiger partial charge in [-0.2, -0.15) is 5.10 Å². The minimum absolute atomic E-state index is 0.0781. The molecule has 3 rings (SSSR count). The summed E-state index contributed by atoms with van der Waals surface area (Å²) in [5.74, 6) is 1.19. The van der Waals surface area contributed by atoms with Crippen molar-refractivity contribution in [3.63, 3.8) is 0 Å². The lowest BCUT2D eigenvalue weighted by Gasteiger charge is -2.31. The van der Waals surface area contributed by atoms with Crippen LogP contribution in [0.4, 0.5) is 0 Å². The molecule has 2 aromatic rings. The predicted molar refractivity (Wildman–Crippen MR) is 97.0 cm³/mol. The molecule has 0 atom stereocenters. The maximum absolute atomic E-state index is 12.5. The fourth-order valence-corrected chi connectivity index (χ4v) is 3.50. The van der Waals surface area contributed by atoms with E-state index in [9.17, 15) is 9.59 Å². The van der Waals surface area contributed by atoms with Gasteiger partial charge < -0.3 is 14.2 Å². The zero-order valence-electron chi connectivity index (χ0n) is 15.5. The SMILES string of the molecule is CCn1c(C2CCN(C(=O)Cn3cccc3)CC2)nn(CCOC)c1=O. The molecule has 0 aliphatic carbocycles. The summed E-state index contributed by atoms with van der Waals surface area (Å²) in [5.41, 5.74) is -0.0781. The highest BCUT2D eigenvalue weighted by molar-refractivity contribution is 5.76. The minimum Gasteiger partial charge on any atom is -0.383 e. The highest BCUT2D eigenvalue weighted by Crippen LogP contribution is 2.26. The van der Waals surface area contributed by atoms with Crippen molar-refractivity contribution >= 4 is 5.91 Å². The number of piperidine rings is 1. The van der Waals surface area contributed by atoms with Gasteiger partial charge in [-0.3, -0.25) is 9.36 Å². The Bertz CT molecular complexity index is 769. The number of amides is 1. The van der Waals surface area contributed by atoms with Crippen molar-refractivity contribution in [1.29, 1.82) is 0 Å². The second kappa shape index (κ2) is 8.35. The largest absolute Gasteiger partial charge is 0.383 e. The van der Waals surface area contributed by atoms with Crippen LogP contribution >= 0.6 is 0 Å². The van der Waals surface area contributed by atoms with Crippen LogP contribution in [0.2, 0.25) is 0 Å². The van der Waals surface area contributed by atoms with E-state index in [1.54, 1.807) is 11.7 Å². The Labute approximate surface area is 153 Å². The Hall–Kier alpha value is -2.35. The normalized spacial score (nSPS) is 15.5. The second-order valence-electron chi connectivity index (χ2n) is 6.61. The van der Waals surface area contributed by atoms with Crippen LogP contribution < -0.4 is 5.69 Å². The van der Waals surface area contributed by atoms with E-state index in [1.807, 2.05) is 40.9 Å². The van der Waals surface area contributed by atoms with E-state index < -0.39 is 0 Å². The van der Waals surface area contributed by atoms with Gasteiger partial charge in [0, 0.05) is 45.1 Å². The van der Waals surface area contributed by atoms with Gasteiger partial charge in [-0.05, 0) is 31.9 Å². The molecule has 8 heteroatoms. The van der Waals surface area contributed by atoms with E-state index in [1.165, 1.54) is 4.68 Å². The lowest BCUT2D eigenvalue weighted by atomic mass is 9.96. The van der Waals surface area contributed by atoms with Crippen molar-refractivity contribution in [3.05, 3.63) is 40.8 Å². The van der Waals surface area contributed by atoms with Crippen molar-refractivity contribution < 1.29 is 9.53 Å². The first kappa shape index (κ1) is 18.4. The molecule has 0 bridgehead atoms. The number of carbonyl (C=O) groups excluding carboxylic acids is 1. The summed E-state index contributed by atoms with van der Waals surface area (Å²) < 4.78 is 10.2. The average molecular weight is 361 g/mol. The monoisotopic (exact) mass is 361 g/mol. The summed E-state index contributed by atoms with van der Waals surface area (Å²) in [6.07, 6.45) is 5.46. The van der Waals surface area contributed by atoms with Crippen LogP contribution in [0.3, 0.4) is 0 Å². The van der Waals surface area contributed by atoms with Crippen LogP contribution in [0.25, 0.3) is 0 Å². The molecule has 1 saturated heterocycles. The predicted octanol–water partition coefficient (Wildman–Crippen LogP) is 0.919. The van der Waals surface area contributed by atoms with Crippen LogP contribution in [0.5, 0.6) is 0 Å². The van der Waals surface area contributed by atoms with E-state index in [4.69, 9.17) is 4.74 Å². The van der Waals surface area contributed by atoms with Gasteiger partial charge in [-0.25, -0.2) is 9.48 Å². The number of hydrogen-bond acceptors (Lipinski definition) is 4. The zero-order chi connectivity index (χ0) is 18.5. The maximum Gasteiger partial charge on any atom is 0.345 e.